The summed E-state index contributed by atoms with van der Waals surface area (Å²) >= 11 is 1.58. The van der Waals surface area contributed by atoms with E-state index in [0.717, 1.165) is 38.2 Å². The summed E-state index contributed by atoms with van der Waals surface area (Å²) in [5, 5.41) is 11.8. The van der Waals surface area contributed by atoms with Gasteiger partial charge in [-0.2, -0.15) is 0 Å². The Labute approximate surface area is 174 Å². The lowest BCUT2D eigenvalue weighted by molar-refractivity contribution is 0.455. The average molecular weight is 407 g/mol. The fourth-order valence-electron chi connectivity index (χ4n) is 3.42. The molecule has 29 heavy (non-hydrogen) atoms. The maximum absolute atomic E-state index is 14.4. The van der Waals surface area contributed by atoms with Crippen molar-refractivity contribution in [1.82, 2.24) is 10.2 Å². The summed E-state index contributed by atoms with van der Waals surface area (Å²) in [4.78, 5) is 0. The molecule has 5 heteroatoms. The van der Waals surface area contributed by atoms with Crippen LogP contribution in [0, 0.1) is 19.7 Å². The third-order valence-corrected chi connectivity index (χ3v) is 5.93. The van der Waals surface area contributed by atoms with Gasteiger partial charge in [-0.3, -0.25) is 0 Å². The van der Waals surface area contributed by atoms with Crippen molar-refractivity contribution in [3.8, 4) is 22.9 Å². The van der Waals surface area contributed by atoms with Gasteiger partial charge in [0.2, 0.25) is 5.88 Å². The number of thiophene rings is 1. The average Bonchev–Trinajstić information content (AvgIpc) is 3.15. The van der Waals surface area contributed by atoms with Crippen LogP contribution in [-0.4, -0.2) is 10.2 Å². The van der Waals surface area contributed by atoms with E-state index in [0.29, 0.717) is 11.4 Å². The van der Waals surface area contributed by atoms with Crippen LogP contribution < -0.4 is 4.74 Å². The summed E-state index contributed by atoms with van der Waals surface area (Å²) in [5.41, 5.74) is 4.06. The summed E-state index contributed by atoms with van der Waals surface area (Å²) in [6, 6.07) is 13.2. The van der Waals surface area contributed by atoms with Crippen molar-refractivity contribution in [1.29, 1.82) is 0 Å². The molecular formula is C24H23FN2OS. The molecule has 0 spiro atoms. The van der Waals surface area contributed by atoms with Crippen LogP contribution in [0.3, 0.4) is 0 Å². The van der Waals surface area contributed by atoms with E-state index in [2.05, 4.69) is 10.2 Å². The Balaban J connectivity index is 1.82. The third-order valence-electron chi connectivity index (χ3n) is 5.01. The van der Waals surface area contributed by atoms with Crippen molar-refractivity contribution < 1.29 is 9.13 Å². The van der Waals surface area contributed by atoms with Crippen molar-refractivity contribution in [2.24, 2.45) is 0 Å². The number of hydrogen-bond acceptors (Lipinski definition) is 4. The lowest BCUT2D eigenvalue weighted by atomic mass is 9.85. The minimum Gasteiger partial charge on any atom is -0.436 e. The van der Waals surface area contributed by atoms with Gasteiger partial charge in [0.05, 0.1) is 10.1 Å². The largest absolute Gasteiger partial charge is 0.436 e. The van der Waals surface area contributed by atoms with Gasteiger partial charge in [-0.15, -0.1) is 21.5 Å². The van der Waals surface area contributed by atoms with Gasteiger partial charge in [0, 0.05) is 5.56 Å². The zero-order valence-electron chi connectivity index (χ0n) is 17.2. The first-order valence-corrected chi connectivity index (χ1v) is 10.4. The Morgan fingerprint density at radius 2 is 1.69 bits per heavy atom. The summed E-state index contributed by atoms with van der Waals surface area (Å²) < 4.78 is 21.5. The van der Waals surface area contributed by atoms with Crippen LogP contribution in [0.25, 0.3) is 21.3 Å². The first-order valence-electron chi connectivity index (χ1n) is 9.54. The molecule has 0 unspecified atom stereocenters. The predicted octanol–water partition coefficient (Wildman–Crippen LogP) is 7.20. The van der Waals surface area contributed by atoms with Crippen LogP contribution in [0.1, 0.15) is 37.5 Å². The molecule has 2 aromatic carbocycles. The normalized spacial score (nSPS) is 11.8. The molecule has 3 nitrogen and oxygen atoms in total. The molecular weight excluding hydrogens is 383 g/mol. The monoisotopic (exact) mass is 406 g/mol. The van der Waals surface area contributed by atoms with Crippen LogP contribution in [0.5, 0.6) is 11.6 Å². The van der Waals surface area contributed by atoms with Gasteiger partial charge in [-0.25, -0.2) is 4.39 Å². The first kappa shape index (κ1) is 19.5. The second kappa shape index (κ2) is 7.23. The Bertz CT molecular complexity index is 1190. The van der Waals surface area contributed by atoms with Crippen LogP contribution in [0.2, 0.25) is 0 Å². The Morgan fingerprint density at radius 1 is 0.966 bits per heavy atom. The summed E-state index contributed by atoms with van der Waals surface area (Å²) in [7, 11) is 0. The maximum atomic E-state index is 14.4. The van der Waals surface area contributed by atoms with Crippen LogP contribution >= 0.6 is 11.3 Å². The smallest absolute Gasteiger partial charge is 0.247 e. The summed E-state index contributed by atoms with van der Waals surface area (Å²) in [6.45, 7) is 10.0. The molecule has 0 aliphatic rings. The molecule has 0 bridgehead atoms. The number of rotatable bonds is 3. The zero-order chi connectivity index (χ0) is 20.8. The van der Waals surface area contributed by atoms with Crippen molar-refractivity contribution in [3.63, 3.8) is 0 Å². The molecule has 0 atom stereocenters. The highest BCUT2D eigenvalue weighted by Crippen LogP contribution is 2.39. The van der Waals surface area contributed by atoms with Crippen LogP contribution in [-0.2, 0) is 5.41 Å². The number of ether oxygens (including phenoxy) is 1. The molecule has 2 heterocycles. The quantitative estimate of drug-likeness (QED) is 0.361. The molecule has 0 aliphatic carbocycles. The van der Waals surface area contributed by atoms with E-state index >= 15 is 0 Å². The maximum Gasteiger partial charge on any atom is 0.247 e. The van der Waals surface area contributed by atoms with Gasteiger partial charge >= 0.3 is 0 Å². The summed E-state index contributed by atoms with van der Waals surface area (Å²) in [5.74, 6) is 1.09. The first-order chi connectivity index (χ1) is 13.8. The number of nitrogens with zero attached hydrogens (tertiary/aromatic N) is 2. The highest BCUT2D eigenvalue weighted by Gasteiger charge is 2.21. The second-order valence-corrected chi connectivity index (χ2v) is 9.20. The minimum atomic E-state index is -0.298. The van der Waals surface area contributed by atoms with Crippen LogP contribution in [0.15, 0.2) is 47.8 Å². The molecule has 2 aromatic heterocycles. The molecule has 0 saturated heterocycles. The van der Waals surface area contributed by atoms with Gasteiger partial charge in [0.1, 0.15) is 17.3 Å². The van der Waals surface area contributed by atoms with Crippen molar-refractivity contribution in [2.45, 2.75) is 40.0 Å². The lowest BCUT2D eigenvalue weighted by Gasteiger charge is -2.20. The van der Waals surface area contributed by atoms with E-state index in [4.69, 9.17) is 4.74 Å². The van der Waals surface area contributed by atoms with Gasteiger partial charge in [-0.05, 0) is 65.6 Å². The number of fused-ring (bicyclic) bond motifs is 1. The fraction of sp³-hybridized carbons (Fsp3) is 0.250. The number of hydrogen-bond donors (Lipinski definition) is 0. The van der Waals surface area contributed by atoms with Crippen molar-refractivity contribution >= 4 is 21.4 Å². The number of aryl methyl sites for hydroxylation is 2. The number of benzene rings is 2. The molecule has 0 N–H and O–H groups in total. The molecule has 0 saturated carbocycles. The predicted molar refractivity (Wildman–Crippen MR) is 117 cm³/mol. The van der Waals surface area contributed by atoms with Gasteiger partial charge in [0.25, 0.3) is 0 Å². The number of halogens is 1. The van der Waals surface area contributed by atoms with Crippen molar-refractivity contribution in [3.05, 3.63) is 70.4 Å². The zero-order valence-corrected chi connectivity index (χ0v) is 18.0. The third kappa shape index (κ3) is 3.62. The highest BCUT2D eigenvalue weighted by molar-refractivity contribution is 7.17. The standard InChI is InChI=1S/C24H23FN2OS/c1-14-7-6-8-15(2)21(14)28-23-17-11-12-29-22(17)20(26-27-23)16-9-10-19(25)18(13-16)24(3,4)5/h6-13H,1-5H3. The van der Waals surface area contributed by atoms with Gasteiger partial charge in [0.15, 0.2) is 0 Å². The minimum absolute atomic E-state index is 0.202. The molecule has 4 aromatic rings. The van der Waals surface area contributed by atoms with E-state index < -0.39 is 0 Å². The van der Waals surface area contributed by atoms with E-state index in [-0.39, 0.29) is 11.2 Å². The van der Waals surface area contributed by atoms with E-state index in [1.54, 1.807) is 17.4 Å². The molecule has 0 radical (unpaired) electrons. The Morgan fingerprint density at radius 3 is 2.38 bits per heavy atom. The van der Waals surface area contributed by atoms with E-state index in [9.17, 15) is 4.39 Å². The highest BCUT2D eigenvalue weighted by atomic mass is 32.1. The van der Waals surface area contributed by atoms with Gasteiger partial charge in [-0.1, -0.05) is 39.0 Å². The van der Waals surface area contributed by atoms with E-state index in [1.807, 2.05) is 70.3 Å². The molecule has 148 valence electrons. The SMILES string of the molecule is Cc1cccc(C)c1Oc1nnc(-c2ccc(F)c(C(C)(C)C)c2)c2sccc12. The molecule has 0 fully saturated rings. The lowest BCUT2D eigenvalue weighted by Crippen LogP contribution is -2.13. The Hall–Kier alpha value is -2.79. The van der Waals surface area contributed by atoms with Crippen LogP contribution in [0.4, 0.5) is 4.39 Å². The molecule has 0 aliphatic heterocycles. The number of aromatic nitrogens is 2. The van der Waals surface area contributed by atoms with E-state index in [1.165, 1.54) is 6.07 Å². The Kier molecular flexibility index (Phi) is 4.87. The molecule has 4 rings (SSSR count). The topological polar surface area (TPSA) is 35.0 Å². The van der Waals surface area contributed by atoms with Gasteiger partial charge < -0.3 is 4.74 Å². The number of para-hydroxylation sites is 1. The second-order valence-electron chi connectivity index (χ2n) is 8.28. The van der Waals surface area contributed by atoms with Crippen molar-refractivity contribution in [2.75, 3.05) is 0 Å². The fourth-order valence-corrected chi connectivity index (χ4v) is 4.32. The molecule has 0 amide bonds. The summed E-state index contributed by atoms with van der Waals surface area (Å²) in [6.07, 6.45) is 0.